The number of hydrogen-bond donors (Lipinski definition) is 1. The quantitative estimate of drug-likeness (QED) is 0.896. The molecule has 1 rings (SSSR count). The molecule has 1 N–H and O–H groups in total. The average Bonchev–Trinajstić information content (AvgIpc) is 2.16. The Hall–Kier alpha value is -0.830. The van der Waals surface area contributed by atoms with Gasteiger partial charge in [-0.15, -0.1) is 0 Å². The molecular weight excluding hydrogens is 244 g/mol. The van der Waals surface area contributed by atoms with Crippen LogP contribution in [0.4, 0.5) is 0 Å². The van der Waals surface area contributed by atoms with Crippen molar-refractivity contribution in [2.24, 2.45) is 0 Å². The summed E-state index contributed by atoms with van der Waals surface area (Å²) in [5.74, 6) is -0.879. The Balaban J connectivity index is 2.89. The van der Waals surface area contributed by atoms with E-state index in [-0.39, 0.29) is 0 Å². The van der Waals surface area contributed by atoms with Crippen molar-refractivity contribution >= 4 is 21.9 Å². The van der Waals surface area contributed by atoms with E-state index in [0.29, 0.717) is 10.0 Å². The first-order valence-corrected chi connectivity index (χ1v) is 5.46. The Morgan fingerprint density at radius 2 is 2.21 bits per heavy atom. The lowest BCUT2D eigenvalue weighted by molar-refractivity contribution is 0.0696. The molecule has 0 aliphatic rings. The zero-order valence-electron chi connectivity index (χ0n) is 8.09. The van der Waals surface area contributed by atoms with Crippen molar-refractivity contribution in [2.45, 2.75) is 26.2 Å². The highest BCUT2D eigenvalue weighted by Gasteiger charge is 2.08. The van der Waals surface area contributed by atoms with Crippen LogP contribution in [0.3, 0.4) is 0 Å². The highest BCUT2D eigenvalue weighted by molar-refractivity contribution is 9.10. The maximum Gasteiger partial charge on any atom is 0.336 e. The molecule has 0 spiro atoms. The van der Waals surface area contributed by atoms with Gasteiger partial charge in [-0.05, 0) is 46.5 Å². The third kappa shape index (κ3) is 2.84. The number of aromatic carboxylic acids is 1. The van der Waals surface area contributed by atoms with Crippen LogP contribution in [0.1, 0.15) is 35.7 Å². The molecule has 0 fully saturated rings. The van der Waals surface area contributed by atoms with E-state index in [9.17, 15) is 4.79 Å². The van der Waals surface area contributed by atoms with E-state index in [1.165, 1.54) is 0 Å². The van der Waals surface area contributed by atoms with Gasteiger partial charge < -0.3 is 5.11 Å². The van der Waals surface area contributed by atoms with E-state index in [1.54, 1.807) is 12.1 Å². The van der Waals surface area contributed by atoms with Crippen molar-refractivity contribution in [1.82, 2.24) is 0 Å². The van der Waals surface area contributed by atoms with Crippen LogP contribution in [0, 0.1) is 0 Å². The molecule has 0 unspecified atom stereocenters. The molecule has 0 amide bonds. The number of carbonyl (C=O) groups is 1. The van der Waals surface area contributed by atoms with E-state index >= 15 is 0 Å². The van der Waals surface area contributed by atoms with Gasteiger partial charge in [0.1, 0.15) is 0 Å². The van der Waals surface area contributed by atoms with E-state index in [1.807, 2.05) is 6.07 Å². The third-order valence-electron chi connectivity index (χ3n) is 2.08. The van der Waals surface area contributed by atoms with E-state index < -0.39 is 5.97 Å². The molecule has 14 heavy (non-hydrogen) atoms. The zero-order valence-corrected chi connectivity index (χ0v) is 9.67. The summed E-state index contributed by atoms with van der Waals surface area (Å²) in [6.07, 6.45) is 3.17. The first kappa shape index (κ1) is 11.2. The number of unbranched alkanes of at least 4 members (excludes halogenated alkanes) is 1. The fourth-order valence-electron chi connectivity index (χ4n) is 1.27. The molecule has 0 saturated carbocycles. The van der Waals surface area contributed by atoms with Crippen LogP contribution < -0.4 is 0 Å². The number of carboxylic acids is 1. The summed E-state index contributed by atoms with van der Waals surface area (Å²) < 4.78 is 0.644. The maximum absolute atomic E-state index is 10.8. The van der Waals surface area contributed by atoms with Gasteiger partial charge in [-0.3, -0.25) is 0 Å². The average molecular weight is 257 g/mol. The van der Waals surface area contributed by atoms with Crippen molar-refractivity contribution in [2.75, 3.05) is 0 Å². The van der Waals surface area contributed by atoms with Crippen LogP contribution in [0.5, 0.6) is 0 Å². The molecule has 76 valence electrons. The molecule has 0 aliphatic carbocycles. The minimum absolute atomic E-state index is 0.346. The lowest BCUT2D eigenvalue weighted by Gasteiger charge is -2.03. The van der Waals surface area contributed by atoms with Gasteiger partial charge in [-0.1, -0.05) is 19.4 Å². The minimum Gasteiger partial charge on any atom is -0.478 e. The summed E-state index contributed by atoms with van der Waals surface area (Å²) in [6.45, 7) is 2.12. The largest absolute Gasteiger partial charge is 0.478 e. The molecule has 0 atom stereocenters. The van der Waals surface area contributed by atoms with Crippen molar-refractivity contribution in [3.8, 4) is 0 Å². The molecule has 2 nitrogen and oxygen atoms in total. The molecule has 0 bridgehead atoms. The van der Waals surface area contributed by atoms with Crippen molar-refractivity contribution < 1.29 is 9.90 Å². The van der Waals surface area contributed by atoms with Crippen molar-refractivity contribution in [3.05, 3.63) is 33.8 Å². The van der Waals surface area contributed by atoms with E-state index in [4.69, 9.17) is 5.11 Å². The van der Waals surface area contributed by atoms with Gasteiger partial charge in [-0.25, -0.2) is 4.79 Å². The summed E-state index contributed by atoms with van der Waals surface area (Å²) in [7, 11) is 0. The Labute approximate surface area is 92.1 Å². The Kier molecular flexibility index (Phi) is 4.14. The van der Waals surface area contributed by atoms with Gasteiger partial charge in [0.2, 0.25) is 0 Å². The Morgan fingerprint density at radius 3 is 2.79 bits per heavy atom. The lowest BCUT2D eigenvalue weighted by Crippen LogP contribution is -1.99. The number of halogens is 1. The first-order chi connectivity index (χ1) is 6.65. The third-order valence-corrected chi connectivity index (χ3v) is 2.77. The fourth-order valence-corrected chi connectivity index (χ4v) is 1.69. The predicted octanol–water partition coefficient (Wildman–Crippen LogP) is 3.49. The van der Waals surface area contributed by atoms with Crippen LogP contribution in [0.15, 0.2) is 22.7 Å². The SMILES string of the molecule is CCCCc1ccc(Br)c(C(=O)O)c1. The van der Waals surface area contributed by atoms with Crippen LogP contribution >= 0.6 is 15.9 Å². The number of hydrogen-bond acceptors (Lipinski definition) is 1. The topological polar surface area (TPSA) is 37.3 Å². The van der Waals surface area contributed by atoms with Gasteiger partial charge in [0.05, 0.1) is 5.56 Å². The first-order valence-electron chi connectivity index (χ1n) is 4.67. The van der Waals surface area contributed by atoms with Gasteiger partial charge >= 0.3 is 5.97 Å². The second kappa shape index (κ2) is 5.15. The van der Waals surface area contributed by atoms with Gasteiger partial charge in [0.15, 0.2) is 0 Å². The van der Waals surface area contributed by atoms with Gasteiger partial charge in [0, 0.05) is 4.47 Å². The summed E-state index contributed by atoms with van der Waals surface area (Å²) in [5.41, 5.74) is 1.44. The lowest BCUT2D eigenvalue weighted by atomic mass is 10.1. The smallest absolute Gasteiger partial charge is 0.336 e. The fraction of sp³-hybridized carbons (Fsp3) is 0.364. The Morgan fingerprint density at radius 1 is 1.50 bits per heavy atom. The number of rotatable bonds is 4. The normalized spacial score (nSPS) is 10.1. The van der Waals surface area contributed by atoms with Gasteiger partial charge in [-0.2, -0.15) is 0 Å². The zero-order chi connectivity index (χ0) is 10.6. The maximum atomic E-state index is 10.8. The van der Waals surface area contributed by atoms with Crippen LogP contribution in [0.2, 0.25) is 0 Å². The number of benzene rings is 1. The van der Waals surface area contributed by atoms with Crippen LogP contribution in [-0.4, -0.2) is 11.1 Å². The van der Waals surface area contributed by atoms with Crippen LogP contribution in [-0.2, 0) is 6.42 Å². The summed E-state index contributed by atoms with van der Waals surface area (Å²) in [6, 6.07) is 5.50. The predicted molar refractivity (Wildman–Crippen MR) is 59.7 cm³/mol. The van der Waals surface area contributed by atoms with Crippen molar-refractivity contribution in [1.29, 1.82) is 0 Å². The highest BCUT2D eigenvalue weighted by Crippen LogP contribution is 2.19. The monoisotopic (exact) mass is 256 g/mol. The van der Waals surface area contributed by atoms with E-state index in [2.05, 4.69) is 22.9 Å². The van der Waals surface area contributed by atoms with Crippen molar-refractivity contribution in [3.63, 3.8) is 0 Å². The standard InChI is InChI=1S/C11H13BrO2/c1-2-3-4-8-5-6-10(12)9(7-8)11(13)14/h5-7H,2-4H2,1H3,(H,13,14). The van der Waals surface area contributed by atoms with Gasteiger partial charge in [0.25, 0.3) is 0 Å². The number of carboxylic acid groups (broad SMARTS) is 1. The second-order valence-corrected chi connectivity index (χ2v) is 4.08. The molecule has 0 radical (unpaired) electrons. The molecular formula is C11H13BrO2. The van der Waals surface area contributed by atoms with E-state index in [0.717, 1.165) is 24.8 Å². The minimum atomic E-state index is -0.879. The summed E-state index contributed by atoms with van der Waals surface area (Å²) >= 11 is 3.22. The molecule has 1 aromatic carbocycles. The second-order valence-electron chi connectivity index (χ2n) is 3.22. The summed E-state index contributed by atoms with van der Waals surface area (Å²) in [4.78, 5) is 10.8. The molecule has 3 heteroatoms. The molecule has 1 aromatic rings. The molecule has 0 aromatic heterocycles. The number of aryl methyl sites for hydroxylation is 1. The molecule has 0 heterocycles. The highest BCUT2D eigenvalue weighted by atomic mass is 79.9. The molecule has 0 aliphatic heterocycles. The summed E-state index contributed by atoms with van der Waals surface area (Å²) in [5, 5.41) is 8.89. The molecule has 0 saturated heterocycles. The van der Waals surface area contributed by atoms with Crippen LogP contribution in [0.25, 0.3) is 0 Å². The Bertz CT molecular complexity index is 334.